The van der Waals surface area contributed by atoms with Gasteiger partial charge in [0.05, 0.1) is 6.20 Å². The third-order valence-electron chi connectivity index (χ3n) is 4.35. The average molecular weight is 219 g/mol. The number of hydrogen-bond donors (Lipinski definition) is 2. The molecule has 2 heterocycles. The quantitative estimate of drug-likeness (QED) is 0.761. The van der Waals surface area contributed by atoms with E-state index in [0.717, 1.165) is 17.8 Å². The number of aromatic nitrogens is 2. The minimum Gasteiger partial charge on any atom is -0.317 e. The van der Waals surface area contributed by atoms with Crippen LogP contribution in [0.4, 0.5) is 0 Å². The lowest BCUT2D eigenvalue weighted by atomic mass is 9.70. The van der Waals surface area contributed by atoms with E-state index in [1.165, 1.54) is 50.8 Å². The van der Waals surface area contributed by atoms with Crippen LogP contribution < -0.4 is 5.32 Å². The van der Waals surface area contributed by atoms with E-state index in [0.29, 0.717) is 0 Å². The van der Waals surface area contributed by atoms with Gasteiger partial charge in [-0.25, -0.2) is 0 Å². The highest BCUT2D eigenvalue weighted by molar-refractivity contribution is 5.12. The van der Waals surface area contributed by atoms with Crippen molar-refractivity contribution in [1.82, 2.24) is 15.5 Å². The van der Waals surface area contributed by atoms with Crippen molar-refractivity contribution >= 4 is 0 Å². The van der Waals surface area contributed by atoms with Gasteiger partial charge < -0.3 is 5.32 Å². The normalized spacial score (nSPS) is 35.4. The summed E-state index contributed by atoms with van der Waals surface area (Å²) in [5, 5.41) is 10.6. The van der Waals surface area contributed by atoms with Crippen LogP contribution in [0, 0.1) is 11.8 Å². The predicted molar refractivity (Wildman–Crippen MR) is 64.3 cm³/mol. The van der Waals surface area contributed by atoms with Crippen LogP contribution in [0.15, 0.2) is 12.4 Å². The minimum absolute atomic E-state index is 0.764. The largest absolute Gasteiger partial charge is 0.317 e. The SMILES string of the molecule is c1n[nH]cc1C1CC2CCNCCC(C2)C1. The van der Waals surface area contributed by atoms with E-state index in [2.05, 4.69) is 21.7 Å². The molecule has 3 heteroatoms. The van der Waals surface area contributed by atoms with Gasteiger partial charge >= 0.3 is 0 Å². The third kappa shape index (κ3) is 2.14. The van der Waals surface area contributed by atoms with E-state index < -0.39 is 0 Å². The van der Waals surface area contributed by atoms with Crippen LogP contribution in [0.2, 0.25) is 0 Å². The molecule has 88 valence electrons. The summed E-state index contributed by atoms with van der Waals surface area (Å²) in [6, 6.07) is 0. The summed E-state index contributed by atoms with van der Waals surface area (Å²) in [6.45, 7) is 2.44. The molecule has 1 saturated carbocycles. The van der Waals surface area contributed by atoms with E-state index in [1.54, 1.807) is 0 Å². The Kier molecular flexibility index (Phi) is 2.96. The molecule has 2 fully saturated rings. The van der Waals surface area contributed by atoms with Crippen LogP contribution in [0.5, 0.6) is 0 Å². The van der Waals surface area contributed by atoms with Crippen molar-refractivity contribution in [2.45, 2.75) is 38.0 Å². The van der Waals surface area contributed by atoms with Gasteiger partial charge in [-0.2, -0.15) is 5.10 Å². The van der Waals surface area contributed by atoms with Gasteiger partial charge in [-0.15, -0.1) is 0 Å². The molecule has 2 atom stereocenters. The topological polar surface area (TPSA) is 40.7 Å². The Balaban J connectivity index is 1.73. The Morgan fingerprint density at radius 2 is 1.81 bits per heavy atom. The zero-order chi connectivity index (χ0) is 10.8. The number of H-pyrrole nitrogens is 1. The molecule has 1 aliphatic heterocycles. The molecule has 3 nitrogen and oxygen atoms in total. The van der Waals surface area contributed by atoms with Gasteiger partial charge in [0.25, 0.3) is 0 Å². The van der Waals surface area contributed by atoms with Crippen LogP contribution in [-0.2, 0) is 0 Å². The molecule has 0 amide bonds. The van der Waals surface area contributed by atoms with Gasteiger partial charge in [0.1, 0.15) is 0 Å². The molecule has 2 bridgehead atoms. The van der Waals surface area contributed by atoms with Gasteiger partial charge in [-0.1, -0.05) is 0 Å². The number of nitrogens with one attached hydrogen (secondary N) is 2. The molecular weight excluding hydrogens is 198 g/mol. The molecule has 1 saturated heterocycles. The number of fused-ring (bicyclic) bond motifs is 2. The smallest absolute Gasteiger partial charge is 0.0522 e. The highest BCUT2D eigenvalue weighted by atomic mass is 15.1. The summed E-state index contributed by atoms with van der Waals surface area (Å²) in [5.41, 5.74) is 1.43. The Bertz CT molecular complexity index is 306. The summed E-state index contributed by atoms with van der Waals surface area (Å²) in [6.07, 6.45) is 11.1. The fraction of sp³-hybridized carbons (Fsp3) is 0.769. The first-order valence-corrected chi connectivity index (χ1v) is 6.61. The Labute approximate surface area is 97.0 Å². The van der Waals surface area contributed by atoms with Crippen molar-refractivity contribution < 1.29 is 0 Å². The first-order valence-electron chi connectivity index (χ1n) is 6.61. The first kappa shape index (κ1) is 10.3. The molecule has 1 aromatic rings. The number of rotatable bonds is 1. The number of aromatic amines is 1. The standard InChI is InChI=1S/C13H21N3/c1-3-14-4-2-11-5-10(1)6-12(7-11)13-8-15-16-9-13/h8-12,14H,1-7H2,(H,15,16). The van der Waals surface area contributed by atoms with E-state index in [4.69, 9.17) is 0 Å². The molecular formula is C13H21N3. The van der Waals surface area contributed by atoms with Gasteiger partial charge in [0, 0.05) is 6.20 Å². The lowest BCUT2D eigenvalue weighted by Gasteiger charge is -2.36. The van der Waals surface area contributed by atoms with Crippen molar-refractivity contribution in [2.75, 3.05) is 13.1 Å². The fourth-order valence-corrected chi connectivity index (χ4v) is 3.53. The monoisotopic (exact) mass is 219 g/mol. The molecule has 1 aromatic heterocycles. The van der Waals surface area contributed by atoms with Crippen LogP contribution in [-0.4, -0.2) is 23.3 Å². The lowest BCUT2D eigenvalue weighted by molar-refractivity contribution is 0.202. The van der Waals surface area contributed by atoms with Crippen molar-refractivity contribution in [3.05, 3.63) is 18.0 Å². The maximum atomic E-state index is 4.10. The fourth-order valence-electron chi connectivity index (χ4n) is 3.53. The molecule has 0 spiro atoms. The number of nitrogens with zero attached hydrogens (tertiary/aromatic N) is 1. The van der Waals surface area contributed by atoms with Crippen LogP contribution in [0.3, 0.4) is 0 Å². The molecule has 0 radical (unpaired) electrons. The second kappa shape index (κ2) is 4.58. The molecule has 1 aliphatic carbocycles. The average Bonchev–Trinajstić information content (AvgIpc) is 2.80. The second-order valence-electron chi connectivity index (χ2n) is 5.50. The van der Waals surface area contributed by atoms with Crippen molar-refractivity contribution in [1.29, 1.82) is 0 Å². The Morgan fingerprint density at radius 1 is 1.06 bits per heavy atom. The van der Waals surface area contributed by atoms with E-state index in [9.17, 15) is 0 Å². The zero-order valence-corrected chi connectivity index (χ0v) is 9.78. The van der Waals surface area contributed by atoms with Gasteiger partial charge in [-0.05, 0) is 68.5 Å². The van der Waals surface area contributed by atoms with Crippen LogP contribution in [0.25, 0.3) is 0 Å². The summed E-state index contributed by atoms with van der Waals surface area (Å²) in [7, 11) is 0. The molecule has 2 aliphatic rings. The maximum absolute atomic E-state index is 4.10. The van der Waals surface area contributed by atoms with Crippen molar-refractivity contribution in [3.8, 4) is 0 Å². The van der Waals surface area contributed by atoms with E-state index in [1.807, 2.05) is 6.20 Å². The highest BCUT2D eigenvalue weighted by Crippen LogP contribution is 2.42. The zero-order valence-electron chi connectivity index (χ0n) is 9.78. The van der Waals surface area contributed by atoms with Crippen LogP contribution >= 0.6 is 0 Å². The van der Waals surface area contributed by atoms with Gasteiger partial charge in [0.2, 0.25) is 0 Å². The molecule has 3 rings (SSSR count). The molecule has 0 aromatic carbocycles. The minimum atomic E-state index is 0.764. The van der Waals surface area contributed by atoms with Crippen LogP contribution in [0.1, 0.15) is 43.6 Å². The summed E-state index contributed by atoms with van der Waals surface area (Å²) in [4.78, 5) is 0. The summed E-state index contributed by atoms with van der Waals surface area (Å²) >= 11 is 0. The molecule has 2 unspecified atom stereocenters. The van der Waals surface area contributed by atoms with Gasteiger partial charge in [0.15, 0.2) is 0 Å². The maximum Gasteiger partial charge on any atom is 0.0522 e. The van der Waals surface area contributed by atoms with Gasteiger partial charge in [-0.3, -0.25) is 5.10 Å². The lowest BCUT2D eigenvalue weighted by Crippen LogP contribution is -2.31. The van der Waals surface area contributed by atoms with Crippen molar-refractivity contribution in [2.24, 2.45) is 11.8 Å². The molecule has 2 N–H and O–H groups in total. The first-order chi connectivity index (χ1) is 7.92. The Morgan fingerprint density at radius 3 is 2.44 bits per heavy atom. The number of hydrogen-bond acceptors (Lipinski definition) is 2. The summed E-state index contributed by atoms with van der Waals surface area (Å²) < 4.78 is 0. The van der Waals surface area contributed by atoms with Crippen molar-refractivity contribution in [3.63, 3.8) is 0 Å². The highest BCUT2D eigenvalue weighted by Gasteiger charge is 2.30. The predicted octanol–water partition coefficient (Wildman–Crippen LogP) is 2.29. The third-order valence-corrected chi connectivity index (χ3v) is 4.35. The van der Waals surface area contributed by atoms with E-state index in [-0.39, 0.29) is 0 Å². The Hall–Kier alpha value is -0.830. The molecule has 16 heavy (non-hydrogen) atoms. The van der Waals surface area contributed by atoms with E-state index >= 15 is 0 Å². The summed E-state index contributed by atoms with van der Waals surface area (Å²) in [5.74, 6) is 2.64. The second-order valence-corrected chi connectivity index (χ2v) is 5.50.